The van der Waals surface area contributed by atoms with E-state index in [1.807, 2.05) is 18.2 Å². The largest absolute Gasteiger partial charge is 0.444 e. The first-order chi connectivity index (χ1) is 12.1. The van der Waals surface area contributed by atoms with Gasteiger partial charge in [0.05, 0.1) is 17.2 Å². The zero-order valence-electron chi connectivity index (χ0n) is 14.4. The zero-order chi connectivity index (χ0) is 17.4. The predicted octanol–water partition coefficient (Wildman–Crippen LogP) is 4.23. The van der Waals surface area contributed by atoms with Crippen molar-refractivity contribution in [2.24, 2.45) is 0 Å². The van der Waals surface area contributed by atoms with Crippen molar-refractivity contribution < 1.29 is 13.9 Å². The number of halogens is 2. The molecule has 1 fully saturated rings. The van der Waals surface area contributed by atoms with Gasteiger partial charge >= 0.3 is 0 Å². The fourth-order valence-corrected chi connectivity index (χ4v) is 3.67. The lowest BCUT2D eigenvalue weighted by Gasteiger charge is -2.26. The van der Waals surface area contributed by atoms with Gasteiger partial charge in [0, 0.05) is 12.5 Å². The molecule has 0 aliphatic carbocycles. The molecule has 1 saturated heterocycles. The van der Waals surface area contributed by atoms with Gasteiger partial charge in [0.1, 0.15) is 5.82 Å². The molecule has 0 aromatic heterocycles. The number of benzene rings is 2. The predicted molar refractivity (Wildman–Crippen MR) is 98.3 cm³/mol. The van der Waals surface area contributed by atoms with Gasteiger partial charge < -0.3 is 14.8 Å². The molecule has 2 heterocycles. The van der Waals surface area contributed by atoms with Crippen LogP contribution in [0.2, 0.25) is 0 Å². The van der Waals surface area contributed by atoms with Crippen molar-refractivity contribution in [3.8, 4) is 17.6 Å². The van der Waals surface area contributed by atoms with Crippen LogP contribution in [0.4, 0.5) is 4.39 Å². The van der Waals surface area contributed by atoms with Crippen LogP contribution in [-0.2, 0) is 5.79 Å². The number of hydrogen-bond acceptors (Lipinski definition) is 4. The summed E-state index contributed by atoms with van der Waals surface area (Å²) in [5, 5.41) is 12.3. The molecule has 26 heavy (non-hydrogen) atoms. The van der Waals surface area contributed by atoms with Crippen LogP contribution < -0.4 is 14.8 Å². The summed E-state index contributed by atoms with van der Waals surface area (Å²) in [6.07, 6.45) is 2.09. The van der Waals surface area contributed by atoms with Crippen LogP contribution in [0.25, 0.3) is 0 Å². The molecule has 0 spiro atoms. The summed E-state index contributed by atoms with van der Waals surface area (Å²) in [5.41, 5.74) is 1.69. The lowest BCUT2D eigenvalue weighted by molar-refractivity contribution is -0.0711. The highest BCUT2D eigenvalue weighted by Gasteiger charge is 2.42. The second kappa shape index (κ2) is 7.14. The molecule has 0 bridgehead atoms. The van der Waals surface area contributed by atoms with Crippen LogP contribution in [-0.4, -0.2) is 13.1 Å². The highest BCUT2D eigenvalue weighted by Crippen LogP contribution is 2.49. The third-order valence-electron chi connectivity index (χ3n) is 4.98. The smallest absolute Gasteiger partial charge is 0.278 e. The summed E-state index contributed by atoms with van der Waals surface area (Å²) >= 11 is 0. The number of ether oxygens (including phenoxy) is 2. The van der Waals surface area contributed by atoms with Crippen molar-refractivity contribution in [3.05, 3.63) is 58.9 Å². The first-order valence-corrected chi connectivity index (χ1v) is 8.52. The Morgan fingerprint density at radius 3 is 2.65 bits per heavy atom. The molecular weight excluding hydrogens is 355 g/mol. The number of nitriles is 1. The van der Waals surface area contributed by atoms with Crippen molar-refractivity contribution in [1.29, 1.82) is 5.26 Å². The summed E-state index contributed by atoms with van der Waals surface area (Å²) in [6.45, 7) is 3.68. The van der Waals surface area contributed by atoms with Crippen molar-refractivity contribution in [3.63, 3.8) is 0 Å². The molecule has 0 saturated carbocycles. The third kappa shape index (κ3) is 3.11. The van der Waals surface area contributed by atoms with Gasteiger partial charge in [-0.3, -0.25) is 0 Å². The molecule has 136 valence electrons. The maximum absolute atomic E-state index is 14.5. The van der Waals surface area contributed by atoms with Crippen molar-refractivity contribution in [2.45, 2.75) is 31.5 Å². The maximum Gasteiger partial charge on any atom is 0.278 e. The van der Waals surface area contributed by atoms with Crippen molar-refractivity contribution in [1.82, 2.24) is 5.32 Å². The SMILES string of the molecule is CC1(c2ccc(C#N)cc2F)Oc2cccc(C3CCNCC3)c2O1.Cl. The second-order valence-corrected chi connectivity index (χ2v) is 6.66. The van der Waals surface area contributed by atoms with E-state index in [0.29, 0.717) is 23.0 Å². The minimum Gasteiger partial charge on any atom is -0.444 e. The van der Waals surface area contributed by atoms with Gasteiger partial charge in [0.25, 0.3) is 5.79 Å². The number of para-hydroxylation sites is 1. The molecule has 0 radical (unpaired) electrons. The Kier molecular flexibility index (Phi) is 5.08. The van der Waals surface area contributed by atoms with Gasteiger partial charge in [-0.25, -0.2) is 4.39 Å². The highest BCUT2D eigenvalue weighted by molar-refractivity contribution is 5.85. The minimum atomic E-state index is -1.23. The summed E-state index contributed by atoms with van der Waals surface area (Å²) in [5.74, 6) is 0.0253. The average Bonchev–Trinajstić information content (AvgIpc) is 2.99. The minimum absolute atomic E-state index is 0. The number of nitrogens with zero attached hydrogens (tertiary/aromatic N) is 1. The quantitative estimate of drug-likeness (QED) is 0.854. The first kappa shape index (κ1) is 18.5. The van der Waals surface area contributed by atoms with Crippen LogP contribution >= 0.6 is 12.4 Å². The lowest BCUT2D eigenvalue weighted by atomic mass is 9.89. The van der Waals surface area contributed by atoms with E-state index in [4.69, 9.17) is 14.7 Å². The van der Waals surface area contributed by atoms with Gasteiger partial charge in [0.15, 0.2) is 11.5 Å². The molecule has 2 aromatic carbocycles. The van der Waals surface area contributed by atoms with Crippen LogP contribution in [0, 0.1) is 17.1 Å². The molecule has 1 atom stereocenters. The topological polar surface area (TPSA) is 54.3 Å². The maximum atomic E-state index is 14.5. The Balaban J connectivity index is 0.00000196. The van der Waals surface area contributed by atoms with Crippen molar-refractivity contribution in [2.75, 3.05) is 13.1 Å². The fraction of sp³-hybridized carbons (Fsp3) is 0.350. The van der Waals surface area contributed by atoms with Gasteiger partial charge in [-0.15, -0.1) is 12.4 Å². The molecule has 6 heteroatoms. The summed E-state index contributed by atoms with van der Waals surface area (Å²) in [6, 6.07) is 12.2. The number of rotatable bonds is 2. The molecule has 1 N–H and O–H groups in total. The number of piperidine rings is 1. The number of nitrogens with one attached hydrogen (secondary N) is 1. The monoisotopic (exact) mass is 374 g/mol. The second-order valence-electron chi connectivity index (χ2n) is 6.66. The van der Waals surface area contributed by atoms with Gasteiger partial charge in [-0.05, 0) is 56.1 Å². The fourth-order valence-electron chi connectivity index (χ4n) is 3.67. The summed E-state index contributed by atoms with van der Waals surface area (Å²) < 4.78 is 26.7. The summed E-state index contributed by atoms with van der Waals surface area (Å²) in [4.78, 5) is 0. The number of hydrogen-bond donors (Lipinski definition) is 1. The molecule has 4 rings (SSSR count). The van der Waals surface area contributed by atoms with Gasteiger partial charge in [-0.1, -0.05) is 12.1 Å². The van der Waals surface area contributed by atoms with E-state index in [-0.39, 0.29) is 18.0 Å². The Morgan fingerprint density at radius 2 is 1.96 bits per heavy atom. The normalized spacial score (nSPS) is 21.7. The Labute approximate surface area is 158 Å². The van der Waals surface area contributed by atoms with E-state index in [2.05, 4.69) is 11.4 Å². The van der Waals surface area contributed by atoms with E-state index in [9.17, 15) is 4.39 Å². The zero-order valence-corrected chi connectivity index (χ0v) is 15.2. The molecular formula is C20H20ClFN2O2. The molecule has 2 aliphatic heterocycles. The molecule has 1 unspecified atom stereocenters. The van der Waals surface area contributed by atoms with Gasteiger partial charge in [0.2, 0.25) is 0 Å². The molecule has 4 nitrogen and oxygen atoms in total. The average molecular weight is 375 g/mol. The number of fused-ring (bicyclic) bond motifs is 1. The van der Waals surface area contributed by atoms with E-state index in [1.165, 1.54) is 6.07 Å². The van der Waals surface area contributed by atoms with E-state index >= 15 is 0 Å². The van der Waals surface area contributed by atoms with E-state index in [1.54, 1.807) is 19.1 Å². The summed E-state index contributed by atoms with van der Waals surface area (Å²) in [7, 11) is 0. The van der Waals surface area contributed by atoms with Crippen LogP contribution in [0.15, 0.2) is 36.4 Å². The first-order valence-electron chi connectivity index (χ1n) is 8.52. The van der Waals surface area contributed by atoms with Crippen LogP contribution in [0.3, 0.4) is 0 Å². The molecule has 0 amide bonds. The van der Waals surface area contributed by atoms with Gasteiger partial charge in [-0.2, -0.15) is 5.26 Å². The molecule has 2 aromatic rings. The van der Waals surface area contributed by atoms with Crippen LogP contribution in [0.1, 0.15) is 42.4 Å². The standard InChI is InChI=1S/C20H19FN2O2.ClH/c1-20(16-6-5-13(12-22)11-17(16)21)24-18-4-2-3-15(19(18)25-20)14-7-9-23-10-8-14;/h2-6,11,14,23H,7-10H2,1H3;1H. The van der Waals surface area contributed by atoms with E-state index in [0.717, 1.165) is 31.5 Å². The highest BCUT2D eigenvalue weighted by atomic mass is 35.5. The Hall–Kier alpha value is -2.29. The van der Waals surface area contributed by atoms with E-state index < -0.39 is 11.6 Å². The van der Waals surface area contributed by atoms with Crippen molar-refractivity contribution >= 4 is 12.4 Å². The van der Waals surface area contributed by atoms with Crippen LogP contribution in [0.5, 0.6) is 11.5 Å². The lowest BCUT2D eigenvalue weighted by Crippen LogP contribution is -2.33. The molecule has 2 aliphatic rings. The Bertz CT molecular complexity index is 861. The Morgan fingerprint density at radius 1 is 1.19 bits per heavy atom. The third-order valence-corrected chi connectivity index (χ3v) is 4.98.